The van der Waals surface area contributed by atoms with Crippen molar-refractivity contribution in [3.63, 3.8) is 0 Å². The van der Waals surface area contributed by atoms with E-state index in [0.29, 0.717) is 18.1 Å². The fraction of sp³-hybridized carbons (Fsp3) is 0.562. The molecule has 0 aliphatic carbocycles. The zero-order valence-electron chi connectivity index (χ0n) is 12.3. The first-order valence-corrected chi connectivity index (χ1v) is 8.63. The van der Waals surface area contributed by atoms with Gasteiger partial charge in [0.2, 0.25) is 0 Å². The summed E-state index contributed by atoms with van der Waals surface area (Å²) in [5.74, 6) is -0.153. The van der Waals surface area contributed by atoms with Crippen LogP contribution >= 0.6 is 27.5 Å². The zero-order chi connectivity index (χ0) is 15.2. The summed E-state index contributed by atoms with van der Waals surface area (Å²) in [6, 6.07) is 5.77. The van der Waals surface area contributed by atoms with Gasteiger partial charge in [0.05, 0.1) is 13.0 Å². The summed E-state index contributed by atoms with van der Waals surface area (Å²) in [4.78, 5) is 14.3. The minimum Gasteiger partial charge on any atom is -0.466 e. The minimum atomic E-state index is -0.153. The summed E-state index contributed by atoms with van der Waals surface area (Å²) in [6.07, 6.45) is 3.99. The molecule has 1 aliphatic heterocycles. The van der Waals surface area contributed by atoms with Crippen LogP contribution in [-0.2, 0) is 9.53 Å². The Kier molecular flexibility index (Phi) is 6.52. The molecule has 1 heterocycles. The molecule has 0 saturated carbocycles. The van der Waals surface area contributed by atoms with Gasteiger partial charge in [-0.15, -0.1) is 0 Å². The second-order valence-electron chi connectivity index (χ2n) is 5.29. The topological polar surface area (TPSA) is 29.5 Å². The van der Waals surface area contributed by atoms with Crippen molar-refractivity contribution in [1.82, 2.24) is 4.90 Å². The van der Waals surface area contributed by atoms with E-state index < -0.39 is 0 Å². The number of nitrogens with zero attached hydrogens (tertiary/aromatic N) is 1. The van der Waals surface area contributed by atoms with Crippen LogP contribution in [0, 0.1) is 0 Å². The van der Waals surface area contributed by atoms with Crippen molar-refractivity contribution >= 4 is 33.5 Å². The van der Waals surface area contributed by atoms with E-state index >= 15 is 0 Å². The first-order chi connectivity index (χ1) is 10.1. The van der Waals surface area contributed by atoms with E-state index in [1.165, 1.54) is 19.3 Å². The van der Waals surface area contributed by atoms with Crippen molar-refractivity contribution in [2.24, 2.45) is 0 Å². The number of likely N-dealkylation sites (tertiary alicyclic amines) is 1. The molecule has 0 amide bonds. The van der Waals surface area contributed by atoms with Crippen molar-refractivity contribution < 1.29 is 9.53 Å². The molecule has 0 aromatic heterocycles. The predicted octanol–water partition coefficient (Wildman–Crippen LogP) is 4.58. The van der Waals surface area contributed by atoms with E-state index in [9.17, 15) is 4.79 Å². The van der Waals surface area contributed by atoms with Crippen LogP contribution in [0.15, 0.2) is 22.7 Å². The van der Waals surface area contributed by atoms with E-state index in [1.807, 2.05) is 25.1 Å². The highest BCUT2D eigenvalue weighted by Crippen LogP contribution is 2.34. The third-order valence-corrected chi connectivity index (χ3v) is 4.77. The van der Waals surface area contributed by atoms with Gasteiger partial charge in [0.15, 0.2) is 0 Å². The lowest BCUT2D eigenvalue weighted by atomic mass is 9.99. The van der Waals surface area contributed by atoms with Gasteiger partial charge in [-0.2, -0.15) is 0 Å². The zero-order valence-corrected chi connectivity index (χ0v) is 14.6. The SMILES string of the molecule is CCOC(=O)CC(c1cc(Cl)ccc1Br)N1CCCCC1. The van der Waals surface area contributed by atoms with Gasteiger partial charge in [0.1, 0.15) is 0 Å². The Hall–Kier alpha value is -0.580. The summed E-state index contributed by atoms with van der Waals surface area (Å²) in [7, 11) is 0. The van der Waals surface area contributed by atoms with E-state index in [1.54, 1.807) is 0 Å². The lowest BCUT2D eigenvalue weighted by Crippen LogP contribution is -2.35. The van der Waals surface area contributed by atoms with Gasteiger partial charge in [-0.3, -0.25) is 9.69 Å². The number of esters is 1. The third kappa shape index (κ3) is 4.70. The average Bonchev–Trinajstić information content (AvgIpc) is 2.49. The number of piperidine rings is 1. The van der Waals surface area contributed by atoms with E-state index in [0.717, 1.165) is 23.1 Å². The first kappa shape index (κ1) is 16.8. The van der Waals surface area contributed by atoms with Gasteiger partial charge in [-0.1, -0.05) is 34.0 Å². The van der Waals surface area contributed by atoms with Crippen LogP contribution in [0.25, 0.3) is 0 Å². The molecule has 1 aliphatic rings. The molecule has 1 aromatic carbocycles. The van der Waals surface area contributed by atoms with Gasteiger partial charge in [0, 0.05) is 15.5 Å². The molecule has 116 valence electrons. The maximum Gasteiger partial charge on any atom is 0.307 e. The number of hydrogen-bond acceptors (Lipinski definition) is 3. The number of hydrogen-bond donors (Lipinski definition) is 0. The molecule has 1 atom stereocenters. The fourth-order valence-corrected chi connectivity index (χ4v) is 3.50. The molecule has 0 bridgehead atoms. The number of ether oxygens (including phenoxy) is 1. The molecule has 1 unspecified atom stereocenters. The first-order valence-electron chi connectivity index (χ1n) is 7.46. The Bertz CT molecular complexity index is 489. The number of halogens is 2. The van der Waals surface area contributed by atoms with Gasteiger partial charge in [0.25, 0.3) is 0 Å². The van der Waals surface area contributed by atoms with Crippen LogP contribution in [0.1, 0.15) is 44.2 Å². The molecule has 3 nitrogen and oxygen atoms in total. The molecule has 5 heteroatoms. The van der Waals surface area contributed by atoms with E-state index in [4.69, 9.17) is 16.3 Å². The van der Waals surface area contributed by atoms with Crippen molar-refractivity contribution in [2.45, 2.75) is 38.6 Å². The van der Waals surface area contributed by atoms with Crippen LogP contribution in [0.5, 0.6) is 0 Å². The highest BCUT2D eigenvalue weighted by Gasteiger charge is 2.27. The van der Waals surface area contributed by atoms with E-state index in [-0.39, 0.29) is 12.0 Å². The second kappa shape index (κ2) is 8.16. The Labute approximate surface area is 139 Å². The summed E-state index contributed by atoms with van der Waals surface area (Å²) >= 11 is 9.73. The molecular formula is C16H21BrClNO2. The second-order valence-corrected chi connectivity index (χ2v) is 6.58. The third-order valence-electron chi connectivity index (χ3n) is 3.81. The standard InChI is InChI=1S/C16H21BrClNO2/c1-2-21-16(20)11-15(19-8-4-3-5-9-19)13-10-12(18)6-7-14(13)17/h6-7,10,15H,2-5,8-9,11H2,1H3. The highest BCUT2D eigenvalue weighted by atomic mass is 79.9. The summed E-state index contributed by atoms with van der Waals surface area (Å²) in [6.45, 7) is 4.29. The predicted molar refractivity (Wildman–Crippen MR) is 88.6 cm³/mol. The fourth-order valence-electron chi connectivity index (χ4n) is 2.81. The Morgan fingerprint density at radius 1 is 1.38 bits per heavy atom. The Morgan fingerprint density at radius 2 is 2.10 bits per heavy atom. The Morgan fingerprint density at radius 3 is 2.76 bits per heavy atom. The van der Waals surface area contributed by atoms with Crippen molar-refractivity contribution in [1.29, 1.82) is 0 Å². The van der Waals surface area contributed by atoms with Gasteiger partial charge >= 0.3 is 5.97 Å². The molecule has 0 radical (unpaired) electrons. The van der Waals surface area contributed by atoms with Gasteiger partial charge in [-0.25, -0.2) is 0 Å². The average molecular weight is 375 g/mol. The quantitative estimate of drug-likeness (QED) is 0.706. The minimum absolute atomic E-state index is 0.0254. The maximum atomic E-state index is 12.0. The molecule has 0 N–H and O–H groups in total. The van der Waals surface area contributed by atoms with Crippen LogP contribution < -0.4 is 0 Å². The Balaban J connectivity index is 2.25. The number of carbonyl (C=O) groups excluding carboxylic acids is 1. The van der Waals surface area contributed by atoms with Crippen LogP contribution in [0.2, 0.25) is 5.02 Å². The molecule has 1 saturated heterocycles. The smallest absolute Gasteiger partial charge is 0.307 e. The maximum absolute atomic E-state index is 12.0. The van der Waals surface area contributed by atoms with Crippen LogP contribution in [0.3, 0.4) is 0 Å². The number of benzene rings is 1. The normalized spacial score (nSPS) is 17.5. The number of carbonyl (C=O) groups is 1. The van der Waals surface area contributed by atoms with Gasteiger partial charge in [-0.05, 0) is 56.6 Å². The highest BCUT2D eigenvalue weighted by molar-refractivity contribution is 9.10. The molecule has 1 fully saturated rings. The monoisotopic (exact) mass is 373 g/mol. The van der Waals surface area contributed by atoms with Crippen molar-refractivity contribution in [2.75, 3.05) is 19.7 Å². The molecule has 0 spiro atoms. The summed E-state index contributed by atoms with van der Waals surface area (Å²) < 4.78 is 6.13. The van der Waals surface area contributed by atoms with Crippen LogP contribution in [0.4, 0.5) is 0 Å². The summed E-state index contributed by atoms with van der Waals surface area (Å²) in [5.41, 5.74) is 1.07. The largest absolute Gasteiger partial charge is 0.466 e. The number of rotatable bonds is 5. The molecular weight excluding hydrogens is 354 g/mol. The summed E-state index contributed by atoms with van der Waals surface area (Å²) in [5, 5.41) is 0.694. The van der Waals surface area contributed by atoms with Crippen molar-refractivity contribution in [3.05, 3.63) is 33.3 Å². The van der Waals surface area contributed by atoms with Gasteiger partial charge < -0.3 is 4.74 Å². The molecule has 2 rings (SSSR count). The molecule has 1 aromatic rings. The van der Waals surface area contributed by atoms with Crippen LogP contribution in [-0.4, -0.2) is 30.6 Å². The molecule has 21 heavy (non-hydrogen) atoms. The van der Waals surface area contributed by atoms with E-state index in [2.05, 4.69) is 20.8 Å². The lowest BCUT2D eigenvalue weighted by molar-refractivity contribution is -0.144. The van der Waals surface area contributed by atoms with Crippen molar-refractivity contribution in [3.8, 4) is 0 Å². The lowest BCUT2D eigenvalue weighted by Gasteiger charge is -2.35.